The summed E-state index contributed by atoms with van der Waals surface area (Å²) in [6.07, 6.45) is 3.40. The molecule has 1 amide bonds. The van der Waals surface area contributed by atoms with Crippen LogP contribution in [0.3, 0.4) is 0 Å². The molecule has 0 aliphatic carbocycles. The van der Waals surface area contributed by atoms with E-state index in [2.05, 4.69) is 20.4 Å². The third-order valence-electron chi connectivity index (χ3n) is 4.08. The van der Waals surface area contributed by atoms with Crippen molar-refractivity contribution in [3.63, 3.8) is 0 Å². The number of sulfone groups is 1. The van der Waals surface area contributed by atoms with Crippen molar-refractivity contribution in [2.45, 2.75) is 4.90 Å². The smallest absolute Gasteiger partial charge is 0.263 e. The molecular weight excluding hydrogens is 431 g/mol. The number of hydrogen-bond donors (Lipinski definition) is 1. The summed E-state index contributed by atoms with van der Waals surface area (Å²) >= 11 is 1.19. The number of carbonyl (C=O) groups is 1. The molecule has 152 valence electrons. The number of benzene rings is 1. The van der Waals surface area contributed by atoms with Crippen LogP contribution < -0.4 is 5.32 Å². The Morgan fingerprint density at radius 1 is 1.13 bits per heavy atom. The van der Waals surface area contributed by atoms with Gasteiger partial charge in [-0.25, -0.2) is 17.8 Å². The highest BCUT2D eigenvalue weighted by molar-refractivity contribution is 7.90. The van der Waals surface area contributed by atoms with Gasteiger partial charge in [-0.3, -0.25) is 15.1 Å². The fourth-order valence-corrected chi connectivity index (χ4v) is 3.94. The number of aromatic nitrogens is 3. The molecule has 3 aromatic heterocycles. The van der Waals surface area contributed by atoms with E-state index < -0.39 is 21.6 Å². The molecule has 4 rings (SSSR count). The van der Waals surface area contributed by atoms with Gasteiger partial charge in [-0.15, -0.1) is 11.3 Å². The van der Waals surface area contributed by atoms with Gasteiger partial charge in [0, 0.05) is 17.2 Å². The molecule has 0 aliphatic heterocycles. The van der Waals surface area contributed by atoms with Crippen LogP contribution in [0.2, 0.25) is 0 Å². The van der Waals surface area contributed by atoms with Gasteiger partial charge < -0.3 is 4.52 Å². The predicted octanol–water partition coefficient (Wildman–Crippen LogP) is 3.66. The van der Waals surface area contributed by atoms with E-state index in [1.54, 1.807) is 17.5 Å². The average molecular weight is 444 g/mol. The zero-order chi connectivity index (χ0) is 21.3. The third kappa shape index (κ3) is 4.11. The van der Waals surface area contributed by atoms with Gasteiger partial charge in [-0.05, 0) is 24.3 Å². The Morgan fingerprint density at radius 3 is 2.57 bits per heavy atom. The first-order chi connectivity index (χ1) is 14.3. The zero-order valence-electron chi connectivity index (χ0n) is 15.4. The van der Waals surface area contributed by atoms with Gasteiger partial charge >= 0.3 is 0 Å². The standard InChI is InChI=1S/C19H13FN4O4S2/c1-30(26,27)13-5-2-11(3-6-13)17-14(9-28-24-17)18(25)23-19-22-16(10-29-19)15-7-4-12(20)8-21-15/h2-10H,1H3,(H,22,23,25). The molecule has 0 atom stereocenters. The predicted molar refractivity (Wildman–Crippen MR) is 108 cm³/mol. The average Bonchev–Trinajstić information content (AvgIpc) is 3.38. The van der Waals surface area contributed by atoms with Crippen LogP contribution in [0.25, 0.3) is 22.6 Å². The molecule has 0 saturated heterocycles. The van der Waals surface area contributed by atoms with Crippen LogP contribution in [0.5, 0.6) is 0 Å². The number of thiazole rings is 1. The third-order valence-corrected chi connectivity index (χ3v) is 5.97. The number of pyridine rings is 1. The normalized spacial score (nSPS) is 11.4. The fraction of sp³-hybridized carbons (Fsp3) is 0.0526. The van der Waals surface area contributed by atoms with Crippen LogP contribution >= 0.6 is 11.3 Å². The van der Waals surface area contributed by atoms with E-state index in [1.807, 2.05) is 0 Å². The summed E-state index contributed by atoms with van der Waals surface area (Å²) in [6, 6.07) is 8.74. The topological polar surface area (TPSA) is 115 Å². The molecule has 0 spiro atoms. The van der Waals surface area contributed by atoms with Crippen molar-refractivity contribution in [1.82, 2.24) is 15.1 Å². The second-order valence-corrected chi connectivity index (χ2v) is 9.10. The number of hydrogen-bond acceptors (Lipinski definition) is 8. The number of carbonyl (C=O) groups excluding carboxylic acids is 1. The van der Waals surface area contributed by atoms with E-state index >= 15 is 0 Å². The first-order valence-electron chi connectivity index (χ1n) is 8.45. The molecule has 3 heterocycles. The molecule has 1 N–H and O–H groups in total. The second kappa shape index (κ2) is 7.76. The van der Waals surface area contributed by atoms with E-state index in [4.69, 9.17) is 4.52 Å². The minimum absolute atomic E-state index is 0.158. The largest absolute Gasteiger partial charge is 0.363 e. The second-order valence-electron chi connectivity index (χ2n) is 6.23. The van der Waals surface area contributed by atoms with Crippen LogP contribution in [0.15, 0.2) is 63.7 Å². The van der Waals surface area contributed by atoms with Crippen LogP contribution in [0.4, 0.5) is 9.52 Å². The Labute approximate surface area is 174 Å². The lowest BCUT2D eigenvalue weighted by atomic mass is 10.1. The van der Waals surface area contributed by atoms with E-state index in [1.165, 1.54) is 41.9 Å². The molecule has 30 heavy (non-hydrogen) atoms. The number of amides is 1. The lowest BCUT2D eigenvalue weighted by Gasteiger charge is -2.03. The van der Waals surface area contributed by atoms with E-state index in [0.717, 1.165) is 12.5 Å². The van der Waals surface area contributed by atoms with Gasteiger partial charge in [0.15, 0.2) is 15.0 Å². The Hall–Kier alpha value is -3.44. The van der Waals surface area contributed by atoms with Crippen molar-refractivity contribution < 1.29 is 22.1 Å². The highest BCUT2D eigenvalue weighted by Crippen LogP contribution is 2.27. The summed E-state index contributed by atoms with van der Waals surface area (Å²) in [6.45, 7) is 0. The first-order valence-corrected chi connectivity index (χ1v) is 11.2. The van der Waals surface area contributed by atoms with Crippen molar-refractivity contribution in [3.8, 4) is 22.6 Å². The van der Waals surface area contributed by atoms with Crippen LogP contribution in [0, 0.1) is 5.82 Å². The van der Waals surface area contributed by atoms with E-state index in [0.29, 0.717) is 22.1 Å². The monoisotopic (exact) mass is 444 g/mol. The highest BCUT2D eigenvalue weighted by Gasteiger charge is 2.19. The molecule has 4 aromatic rings. The van der Waals surface area contributed by atoms with Gasteiger partial charge in [0.05, 0.1) is 16.8 Å². The molecule has 0 fully saturated rings. The molecule has 8 nitrogen and oxygen atoms in total. The van der Waals surface area contributed by atoms with Gasteiger partial charge in [0.2, 0.25) is 0 Å². The van der Waals surface area contributed by atoms with Gasteiger partial charge in [-0.2, -0.15) is 0 Å². The lowest BCUT2D eigenvalue weighted by molar-refractivity contribution is 0.102. The minimum Gasteiger partial charge on any atom is -0.363 e. The highest BCUT2D eigenvalue weighted by atomic mass is 32.2. The van der Waals surface area contributed by atoms with Crippen molar-refractivity contribution in [3.05, 3.63) is 65.6 Å². The molecule has 0 saturated carbocycles. The molecule has 0 unspecified atom stereocenters. The quantitative estimate of drug-likeness (QED) is 0.499. The summed E-state index contributed by atoms with van der Waals surface area (Å²) in [4.78, 5) is 21.1. The van der Waals surface area contributed by atoms with Gasteiger partial charge in [0.1, 0.15) is 29.0 Å². The van der Waals surface area contributed by atoms with E-state index in [-0.39, 0.29) is 16.2 Å². The van der Waals surface area contributed by atoms with Crippen LogP contribution in [-0.2, 0) is 9.84 Å². The Bertz CT molecular complexity index is 1310. The molecule has 0 aliphatic rings. The SMILES string of the molecule is CS(=O)(=O)c1ccc(-c2nocc2C(=O)Nc2nc(-c3ccc(F)cn3)cs2)cc1. The maximum absolute atomic E-state index is 13.0. The Morgan fingerprint density at radius 2 is 1.90 bits per heavy atom. The summed E-state index contributed by atoms with van der Waals surface area (Å²) in [5, 5.41) is 8.53. The van der Waals surface area contributed by atoms with Gasteiger partial charge in [-0.1, -0.05) is 17.3 Å². The van der Waals surface area contributed by atoms with Crippen LogP contribution in [0.1, 0.15) is 10.4 Å². The summed E-state index contributed by atoms with van der Waals surface area (Å²) in [5.41, 5.74) is 1.93. The number of rotatable bonds is 5. The first kappa shape index (κ1) is 19.9. The minimum atomic E-state index is -3.33. The maximum atomic E-state index is 13.0. The van der Waals surface area contributed by atoms with Crippen molar-refractivity contribution in [2.24, 2.45) is 0 Å². The summed E-state index contributed by atoms with van der Waals surface area (Å²) in [5.74, 6) is -0.946. The summed E-state index contributed by atoms with van der Waals surface area (Å²) in [7, 11) is -3.33. The molecular formula is C19H13FN4O4S2. The number of anilines is 1. The maximum Gasteiger partial charge on any atom is 0.263 e. The number of nitrogens with zero attached hydrogens (tertiary/aromatic N) is 3. The van der Waals surface area contributed by atoms with Crippen molar-refractivity contribution in [2.75, 3.05) is 11.6 Å². The number of nitrogens with one attached hydrogen (secondary N) is 1. The lowest BCUT2D eigenvalue weighted by Crippen LogP contribution is -2.12. The van der Waals surface area contributed by atoms with Crippen molar-refractivity contribution >= 4 is 32.2 Å². The van der Waals surface area contributed by atoms with Crippen molar-refractivity contribution in [1.29, 1.82) is 0 Å². The molecule has 0 bridgehead atoms. The fourth-order valence-electron chi connectivity index (χ4n) is 2.61. The molecule has 1 aromatic carbocycles. The van der Waals surface area contributed by atoms with E-state index in [9.17, 15) is 17.6 Å². The Balaban J connectivity index is 1.54. The number of halogens is 1. The summed E-state index contributed by atoms with van der Waals surface area (Å²) < 4.78 is 41.2. The van der Waals surface area contributed by atoms with Crippen LogP contribution in [-0.4, -0.2) is 35.7 Å². The molecule has 0 radical (unpaired) electrons. The van der Waals surface area contributed by atoms with Gasteiger partial charge in [0.25, 0.3) is 5.91 Å². The Kier molecular flexibility index (Phi) is 5.14. The zero-order valence-corrected chi connectivity index (χ0v) is 17.0. The molecule has 11 heteroatoms.